The Morgan fingerprint density at radius 1 is 1.29 bits per heavy atom. The van der Waals surface area contributed by atoms with Gasteiger partial charge in [-0.05, 0) is 31.0 Å². The first-order valence-electron chi connectivity index (χ1n) is 8.48. The molecule has 0 aliphatic heterocycles. The minimum atomic E-state index is -0.684. The third kappa shape index (κ3) is 4.93. The summed E-state index contributed by atoms with van der Waals surface area (Å²) in [4.78, 5) is 38.4. The molecule has 0 radical (unpaired) electrons. The van der Waals surface area contributed by atoms with E-state index in [-0.39, 0.29) is 22.7 Å². The first-order valence-corrected chi connectivity index (χ1v) is 8.48. The quantitative estimate of drug-likeness (QED) is 0.401. The van der Waals surface area contributed by atoms with Gasteiger partial charge in [-0.15, -0.1) is 0 Å². The Morgan fingerprint density at radius 3 is 2.68 bits per heavy atom. The molecule has 2 aromatic rings. The summed E-state index contributed by atoms with van der Waals surface area (Å²) in [5, 5.41) is 16.5. The number of hydrogen-bond acceptors (Lipinski definition) is 8. The number of esters is 1. The van der Waals surface area contributed by atoms with Gasteiger partial charge in [-0.1, -0.05) is 0 Å². The average Bonchev–Trinajstić information content (AvgIpc) is 3.50. The first kappa shape index (κ1) is 19.1. The molecule has 1 heterocycles. The number of nitro groups is 1. The second kappa shape index (κ2) is 8.33. The summed E-state index contributed by atoms with van der Waals surface area (Å²) >= 11 is 0. The van der Waals surface area contributed by atoms with E-state index in [0.29, 0.717) is 11.9 Å². The van der Waals surface area contributed by atoms with Crippen LogP contribution in [0.25, 0.3) is 0 Å². The number of nitro benzene ring substituents is 1. The van der Waals surface area contributed by atoms with Crippen molar-refractivity contribution in [3.05, 3.63) is 52.2 Å². The van der Waals surface area contributed by atoms with Crippen LogP contribution in [0.2, 0.25) is 0 Å². The van der Waals surface area contributed by atoms with Crippen LogP contribution in [0, 0.1) is 10.1 Å². The molecule has 0 unspecified atom stereocenters. The van der Waals surface area contributed by atoms with Gasteiger partial charge in [0, 0.05) is 18.3 Å². The van der Waals surface area contributed by atoms with Crippen LogP contribution in [0.1, 0.15) is 23.2 Å². The number of non-ortho nitro benzene ring substituents is 1. The Morgan fingerprint density at radius 2 is 2.07 bits per heavy atom. The lowest BCUT2D eigenvalue weighted by Crippen LogP contribution is -2.21. The standard InChI is InChI=1S/C18H18N4O6/c1-27-15-8-13(22(25)26)5-6-14(15)21-17(23)10-28-18(24)11-2-7-16(19-9-11)20-12-3-4-12/h2,5-9,12H,3-4,10H2,1H3,(H,19,20)(H,21,23). The minimum absolute atomic E-state index is 0.122. The molecule has 0 atom stereocenters. The molecule has 2 N–H and O–H groups in total. The number of anilines is 2. The van der Waals surface area contributed by atoms with Crippen LogP contribution in [-0.2, 0) is 9.53 Å². The third-order valence-corrected chi connectivity index (χ3v) is 3.93. The van der Waals surface area contributed by atoms with Crippen molar-refractivity contribution in [3.63, 3.8) is 0 Å². The Balaban J connectivity index is 1.53. The van der Waals surface area contributed by atoms with Gasteiger partial charge in [-0.25, -0.2) is 9.78 Å². The monoisotopic (exact) mass is 386 g/mol. The Kier molecular flexibility index (Phi) is 5.68. The molecule has 0 spiro atoms. The maximum absolute atomic E-state index is 12.0. The summed E-state index contributed by atoms with van der Waals surface area (Å²) in [7, 11) is 1.32. The second-order valence-electron chi connectivity index (χ2n) is 6.12. The number of aromatic nitrogens is 1. The van der Waals surface area contributed by atoms with E-state index in [0.717, 1.165) is 12.8 Å². The van der Waals surface area contributed by atoms with E-state index in [2.05, 4.69) is 15.6 Å². The highest BCUT2D eigenvalue weighted by Gasteiger charge is 2.21. The average molecular weight is 386 g/mol. The predicted octanol–water partition coefficient (Wildman–Crippen LogP) is 2.37. The molecule has 1 aliphatic carbocycles. The van der Waals surface area contributed by atoms with E-state index in [1.54, 1.807) is 12.1 Å². The van der Waals surface area contributed by atoms with Crippen molar-refractivity contribution in [2.24, 2.45) is 0 Å². The van der Waals surface area contributed by atoms with Gasteiger partial charge >= 0.3 is 5.97 Å². The number of amides is 1. The molecule has 10 heteroatoms. The highest BCUT2D eigenvalue weighted by Crippen LogP contribution is 2.29. The lowest BCUT2D eigenvalue weighted by molar-refractivity contribution is -0.384. The van der Waals surface area contributed by atoms with E-state index in [1.807, 2.05) is 0 Å². The molecule has 1 fully saturated rings. The van der Waals surface area contributed by atoms with Crippen LogP contribution >= 0.6 is 0 Å². The third-order valence-electron chi connectivity index (χ3n) is 3.93. The van der Waals surface area contributed by atoms with Crippen molar-refractivity contribution in [1.82, 2.24) is 4.98 Å². The van der Waals surface area contributed by atoms with Crippen molar-refractivity contribution in [2.75, 3.05) is 24.4 Å². The highest BCUT2D eigenvalue weighted by atomic mass is 16.6. The number of rotatable bonds is 8. The van der Waals surface area contributed by atoms with Crippen molar-refractivity contribution in [1.29, 1.82) is 0 Å². The van der Waals surface area contributed by atoms with Gasteiger partial charge in [0.05, 0.1) is 29.4 Å². The topological polar surface area (TPSA) is 133 Å². The summed E-state index contributed by atoms with van der Waals surface area (Å²) in [6, 6.07) is 7.45. The van der Waals surface area contributed by atoms with Crippen molar-refractivity contribution in [2.45, 2.75) is 18.9 Å². The fourth-order valence-corrected chi connectivity index (χ4v) is 2.33. The van der Waals surface area contributed by atoms with Gasteiger partial charge in [-0.2, -0.15) is 0 Å². The predicted molar refractivity (Wildman–Crippen MR) is 99.4 cm³/mol. The number of nitrogens with zero attached hydrogens (tertiary/aromatic N) is 2. The van der Waals surface area contributed by atoms with Crippen LogP contribution in [0.3, 0.4) is 0 Å². The van der Waals surface area contributed by atoms with Crippen LogP contribution in [0.5, 0.6) is 5.75 Å². The normalized spacial score (nSPS) is 12.8. The van der Waals surface area contributed by atoms with Gasteiger partial charge in [0.15, 0.2) is 6.61 Å². The van der Waals surface area contributed by atoms with Crippen molar-refractivity contribution in [3.8, 4) is 5.75 Å². The lowest BCUT2D eigenvalue weighted by Gasteiger charge is -2.10. The van der Waals surface area contributed by atoms with E-state index >= 15 is 0 Å². The molecule has 146 valence electrons. The first-order chi connectivity index (χ1) is 13.5. The number of hydrogen-bond donors (Lipinski definition) is 2. The van der Waals surface area contributed by atoms with E-state index in [1.165, 1.54) is 31.5 Å². The molecule has 0 bridgehead atoms. The van der Waals surface area contributed by atoms with E-state index < -0.39 is 23.4 Å². The summed E-state index contributed by atoms with van der Waals surface area (Å²) in [5.74, 6) is -0.490. The number of methoxy groups -OCH3 is 1. The number of ether oxygens (including phenoxy) is 2. The van der Waals surface area contributed by atoms with Crippen LogP contribution in [0.15, 0.2) is 36.5 Å². The number of nitrogens with one attached hydrogen (secondary N) is 2. The van der Waals surface area contributed by atoms with Gasteiger partial charge in [0.1, 0.15) is 11.6 Å². The molecule has 3 rings (SSSR count). The molecule has 1 aromatic carbocycles. The maximum Gasteiger partial charge on any atom is 0.340 e. The van der Waals surface area contributed by atoms with Gasteiger partial charge in [0.25, 0.3) is 11.6 Å². The summed E-state index contributed by atoms with van der Waals surface area (Å²) in [6.45, 7) is -0.527. The van der Waals surface area contributed by atoms with Crippen LogP contribution < -0.4 is 15.4 Å². The number of carbonyl (C=O) groups is 2. The number of benzene rings is 1. The van der Waals surface area contributed by atoms with Gasteiger partial charge in [-0.3, -0.25) is 14.9 Å². The highest BCUT2D eigenvalue weighted by molar-refractivity contribution is 5.96. The van der Waals surface area contributed by atoms with E-state index in [9.17, 15) is 19.7 Å². The molecule has 1 aromatic heterocycles. The van der Waals surface area contributed by atoms with E-state index in [4.69, 9.17) is 9.47 Å². The van der Waals surface area contributed by atoms with Crippen LogP contribution in [0.4, 0.5) is 17.2 Å². The summed E-state index contributed by atoms with van der Waals surface area (Å²) in [6.07, 6.45) is 3.60. The summed E-state index contributed by atoms with van der Waals surface area (Å²) < 4.78 is 10.0. The molecule has 28 heavy (non-hydrogen) atoms. The second-order valence-corrected chi connectivity index (χ2v) is 6.12. The zero-order valence-corrected chi connectivity index (χ0v) is 15.0. The molecule has 1 saturated carbocycles. The maximum atomic E-state index is 12.0. The van der Waals surface area contributed by atoms with Crippen LogP contribution in [-0.4, -0.2) is 41.5 Å². The Bertz CT molecular complexity index is 895. The number of pyridine rings is 1. The molecular formula is C18H18N4O6. The molecule has 0 saturated heterocycles. The minimum Gasteiger partial charge on any atom is -0.494 e. The Hall–Kier alpha value is -3.69. The van der Waals surface area contributed by atoms with Gasteiger partial charge in [0.2, 0.25) is 0 Å². The fraction of sp³-hybridized carbons (Fsp3) is 0.278. The van der Waals surface area contributed by atoms with Crippen molar-refractivity contribution < 1.29 is 24.0 Å². The van der Waals surface area contributed by atoms with Gasteiger partial charge < -0.3 is 20.1 Å². The fourth-order valence-electron chi connectivity index (χ4n) is 2.33. The Labute approximate surface area is 160 Å². The molecular weight excluding hydrogens is 368 g/mol. The molecule has 1 aliphatic rings. The molecule has 10 nitrogen and oxygen atoms in total. The largest absolute Gasteiger partial charge is 0.494 e. The SMILES string of the molecule is COc1cc([N+](=O)[O-])ccc1NC(=O)COC(=O)c1ccc(NC2CC2)nc1. The summed E-state index contributed by atoms with van der Waals surface area (Å²) in [5.41, 5.74) is 0.279. The zero-order valence-electron chi connectivity index (χ0n) is 15.0. The number of carbonyl (C=O) groups excluding carboxylic acids is 2. The van der Waals surface area contributed by atoms with Crippen molar-refractivity contribution >= 4 is 29.1 Å². The lowest BCUT2D eigenvalue weighted by atomic mass is 10.2. The smallest absolute Gasteiger partial charge is 0.340 e. The zero-order chi connectivity index (χ0) is 20.1. The molecule has 1 amide bonds.